The molecule has 0 aliphatic rings. The molecule has 0 amide bonds. The molecule has 1 nitrogen and oxygen atoms in total. The van der Waals surface area contributed by atoms with Crippen molar-refractivity contribution >= 4 is 0 Å². The van der Waals surface area contributed by atoms with Crippen molar-refractivity contribution in [2.45, 2.75) is 19.8 Å². The fourth-order valence-electron chi connectivity index (χ4n) is 0.963. The first kappa shape index (κ1) is 8.12. The van der Waals surface area contributed by atoms with Gasteiger partial charge in [-0.1, -0.05) is 25.5 Å². The molecule has 0 aliphatic heterocycles. The van der Waals surface area contributed by atoms with E-state index >= 15 is 0 Å². The Bertz CT molecular complexity index is 218. The zero-order chi connectivity index (χ0) is 8.10. The molecule has 0 bridgehead atoms. The number of aromatic hydroxyl groups is 1. The van der Waals surface area contributed by atoms with E-state index in [0.29, 0.717) is 5.75 Å². The summed E-state index contributed by atoms with van der Waals surface area (Å²) in [5.74, 6) is 0.342. The van der Waals surface area contributed by atoms with Gasteiger partial charge in [0.2, 0.25) is 0 Å². The molecular formula is C10H13O. The summed E-state index contributed by atoms with van der Waals surface area (Å²) in [4.78, 5) is 0. The smallest absolute Gasteiger partial charge is 0.115 e. The maximum absolute atomic E-state index is 9.09. The molecule has 59 valence electrons. The zero-order valence-corrected chi connectivity index (χ0v) is 6.75. The van der Waals surface area contributed by atoms with Crippen LogP contribution in [0.5, 0.6) is 5.75 Å². The summed E-state index contributed by atoms with van der Waals surface area (Å²) in [7, 11) is 0. The molecule has 0 spiro atoms. The normalized spacial score (nSPS) is 9.91. The zero-order valence-electron chi connectivity index (χ0n) is 6.75. The van der Waals surface area contributed by atoms with Crippen molar-refractivity contribution < 1.29 is 5.11 Å². The van der Waals surface area contributed by atoms with Crippen molar-refractivity contribution in [3.05, 3.63) is 36.2 Å². The van der Waals surface area contributed by atoms with Crippen molar-refractivity contribution in [2.75, 3.05) is 0 Å². The van der Waals surface area contributed by atoms with Crippen LogP contribution in [0.4, 0.5) is 0 Å². The van der Waals surface area contributed by atoms with E-state index in [9.17, 15) is 0 Å². The Balaban J connectivity index is 2.56. The molecule has 1 aromatic rings. The predicted octanol–water partition coefficient (Wildman–Crippen LogP) is 2.74. The van der Waals surface area contributed by atoms with Gasteiger partial charge >= 0.3 is 0 Å². The third kappa shape index (κ3) is 2.62. The highest BCUT2D eigenvalue weighted by atomic mass is 16.3. The summed E-state index contributed by atoms with van der Waals surface area (Å²) in [5, 5.41) is 9.09. The lowest BCUT2D eigenvalue weighted by atomic mass is 10.1. The van der Waals surface area contributed by atoms with Crippen molar-refractivity contribution in [1.29, 1.82) is 0 Å². The molecule has 0 aromatic heterocycles. The summed E-state index contributed by atoms with van der Waals surface area (Å²) in [6.45, 7) is 2.14. The highest BCUT2D eigenvalue weighted by Crippen LogP contribution is 2.14. The molecule has 0 unspecified atom stereocenters. The van der Waals surface area contributed by atoms with Crippen LogP contribution >= 0.6 is 0 Å². The number of hydrogen-bond donors (Lipinski definition) is 1. The van der Waals surface area contributed by atoms with Crippen LogP contribution in [0.1, 0.15) is 25.3 Å². The quantitative estimate of drug-likeness (QED) is 0.700. The largest absolute Gasteiger partial charge is 0.508 e. The van der Waals surface area contributed by atoms with Crippen molar-refractivity contribution in [1.82, 2.24) is 0 Å². The second-order valence-electron chi connectivity index (χ2n) is 2.59. The fraction of sp³-hybridized carbons (Fsp3) is 0.300. The monoisotopic (exact) mass is 149 g/mol. The van der Waals surface area contributed by atoms with Crippen LogP contribution < -0.4 is 0 Å². The minimum Gasteiger partial charge on any atom is -0.508 e. The second kappa shape index (κ2) is 4.02. The summed E-state index contributed by atoms with van der Waals surface area (Å²) in [5.41, 5.74) is 1.10. The lowest BCUT2D eigenvalue weighted by molar-refractivity contribution is 0.475. The minimum atomic E-state index is 0.342. The first-order chi connectivity index (χ1) is 5.33. The lowest BCUT2D eigenvalue weighted by Gasteiger charge is -1.98. The molecule has 0 saturated heterocycles. The Labute approximate surface area is 67.7 Å². The van der Waals surface area contributed by atoms with E-state index in [0.717, 1.165) is 18.4 Å². The molecule has 0 saturated carbocycles. The summed E-state index contributed by atoms with van der Waals surface area (Å²) in [6.07, 6.45) is 4.35. The van der Waals surface area contributed by atoms with Gasteiger partial charge in [0.1, 0.15) is 5.75 Å². The average Bonchev–Trinajstić information content (AvgIpc) is 2.01. The van der Waals surface area contributed by atoms with Crippen LogP contribution in [-0.2, 0) is 0 Å². The molecule has 0 heterocycles. The molecule has 11 heavy (non-hydrogen) atoms. The van der Waals surface area contributed by atoms with Crippen molar-refractivity contribution in [2.24, 2.45) is 0 Å². The number of benzene rings is 1. The number of unbranched alkanes of at least 4 members (excludes halogenated alkanes) is 1. The number of rotatable bonds is 3. The van der Waals surface area contributed by atoms with Crippen LogP contribution in [-0.4, -0.2) is 5.11 Å². The minimum absolute atomic E-state index is 0.342. The third-order valence-electron chi connectivity index (χ3n) is 1.54. The molecule has 0 atom stereocenters. The van der Waals surface area contributed by atoms with Crippen LogP contribution in [0, 0.1) is 6.42 Å². The van der Waals surface area contributed by atoms with E-state index in [-0.39, 0.29) is 0 Å². The molecular weight excluding hydrogens is 136 g/mol. The van der Waals surface area contributed by atoms with Gasteiger partial charge in [-0.3, -0.25) is 0 Å². The summed E-state index contributed by atoms with van der Waals surface area (Å²) >= 11 is 0. The van der Waals surface area contributed by atoms with Gasteiger partial charge < -0.3 is 5.11 Å². The van der Waals surface area contributed by atoms with Crippen molar-refractivity contribution in [3.8, 4) is 5.75 Å². The van der Waals surface area contributed by atoms with E-state index in [2.05, 4.69) is 13.3 Å². The Morgan fingerprint density at radius 3 is 2.91 bits per heavy atom. The number of phenolic OH excluding ortho intramolecular Hbond substituents is 1. The van der Waals surface area contributed by atoms with Crippen LogP contribution in [0.3, 0.4) is 0 Å². The molecule has 1 aromatic carbocycles. The van der Waals surface area contributed by atoms with E-state index < -0.39 is 0 Å². The van der Waals surface area contributed by atoms with Gasteiger partial charge in [0, 0.05) is 0 Å². The lowest BCUT2D eigenvalue weighted by Crippen LogP contribution is -1.79. The Morgan fingerprint density at radius 1 is 1.45 bits per heavy atom. The van der Waals surface area contributed by atoms with Gasteiger partial charge in [0.05, 0.1) is 0 Å². The molecule has 1 heteroatoms. The van der Waals surface area contributed by atoms with Crippen molar-refractivity contribution in [3.63, 3.8) is 0 Å². The Kier molecular flexibility index (Phi) is 2.96. The maximum atomic E-state index is 9.09. The highest BCUT2D eigenvalue weighted by molar-refractivity contribution is 5.31. The summed E-state index contributed by atoms with van der Waals surface area (Å²) < 4.78 is 0. The van der Waals surface area contributed by atoms with E-state index in [1.807, 2.05) is 12.1 Å². The van der Waals surface area contributed by atoms with E-state index in [1.165, 1.54) is 0 Å². The molecule has 1 N–H and O–H groups in total. The second-order valence-corrected chi connectivity index (χ2v) is 2.59. The fourth-order valence-corrected chi connectivity index (χ4v) is 0.963. The predicted molar refractivity (Wildman–Crippen MR) is 46.4 cm³/mol. The van der Waals surface area contributed by atoms with Gasteiger partial charge in [-0.2, -0.15) is 0 Å². The van der Waals surface area contributed by atoms with E-state index in [4.69, 9.17) is 5.11 Å². The van der Waals surface area contributed by atoms with Gasteiger partial charge in [-0.15, -0.1) is 0 Å². The molecule has 1 rings (SSSR count). The standard InChI is InChI=1S/C10H13O/c1-2-3-5-9-6-4-7-10(11)8-9/h4-8,11H,2-3H2,1H3. The van der Waals surface area contributed by atoms with Gasteiger partial charge in [-0.05, 0) is 30.5 Å². The maximum Gasteiger partial charge on any atom is 0.115 e. The van der Waals surface area contributed by atoms with Gasteiger partial charge in [0.15, 0.2) is 0 Å². The van der Waals surface area contributed by atoms with Gasteiger partial charge in [0.25, 0.3) is 0 Å². The summed E-state index contributed by atoms with van der Waals surface area (Å²) in [6, 6.07) is 7.31. The van der Waals surface area contributed by atoms with E-state index in [1.54, 1.807) is 12.1 Å². The SMILES string of the molecule is CCC[CH]c1cccc(O)c1. The Hall–Kier alpha value is -0.980. The highest BCUT2D eigenvalue weighted by Gasteiger charge is 1.92. The van der Waals surface area contributed by atoms with Crippen LogP contribution in [0.15, 0.2) is 24.3 Å². The first-order valence-corrected chi connectivity index (χ1v) is 3.95. The van der Waals surface area contributed by atoms with Gasteiger partial charge in [-0.25, -0.2) is 0 Å². The number of phenols is 1. The Morgan fingerprint density at radius 2 is 2.27 bits per heavy atom. The molecule has 0 fully saturated rings. The first-order valence-electron chi connectivity index (χ1n) is 3.95. The molecule has 0 aliphatic carbocycles. The average molecular weight is 149 g/mol. The van der Waals surface area contributed by atoms with Crippen LogP contribution in [0.2, 0.25) is 0 Å². The molecule has 1 radical (unpaired) electrons. The third-order valence-corrected chi connectivity index (χ3v) is 1.54. The van der Waals surface area contributed by atoms with Crippen LogP contribution in [0.25, 0.3) is 0 Å². The topological polar surface area (TPSA) is 20.2 Å². The number of hydrogen-bond acceptors (Lipinski definition) is 1.